The summed E-state index contributed by atoms with van der Waals surface area (Å²) in [4.78, 5) is 12.5. The number of nitriles is 1. The molecule has 1 unspecified atom stereocenters. The number of aliphatic carboxylic acids is 1. The molecule has 0 spiro atoms. The van der Waals surface area contributed by atoms with Crippen LogP contribution in [0.2, 0.25) is 0 Å². The van der Waals surface area contributed by atoms with E-state index in [1.165, 1.54) is 0 Å². The lowest BCUT2D eigenvalue weighted by molar-refractivity contribution is -0.137. The van der Waals surface area contributed by atoms with Crippen LogP contribution in [0.4, 0.5) is 11.6 Å². The van der Waals surface area contributed by atoms with Gasteiger partial charge in [-0.05, 0) is 12.8 Å². The van der Waals surface area contributed by atoms with Crippen LogP contribution in [0.1, 0.15) is 18.4 Å². The maximum atomic E-state index is 10.7. The second kappa shape index (κ2) is 5.16. The monoisotopic (exact) mass is 265 g/mol. The van der Waals surface area contributed by atoms with Gasteiger partial charge < -0.3 is 20.8 Å². The Bertz CT molecular complexity index is 533. The van der Waals surface area contributed by atoms with Gasteiger partial charge in [0.15, 0.2) is 5.82 Å². The molecule has 0 aliphatic carbocycles. The minimum Gasteiger partial charge on any atom is -0.480 e. The van der Waals surface area contributed by atoms with E-state index in [2.05, 4.69) is 5.10 Å². The molecule has 0 bridgehead atoms. The Morgan fingerprint density at radius 3 is 2.95 bits per heavy atom. The van der Waals surface area contributed by atoms with Gasteiger partial charge in [0.1, 0.15) is 24.0 Å². The Kier molecular flexibility index (Phi) is 3.57. The fraction of sp³-hybridized carbons (Fsp3) is 0.545. The zero-order valence-electron chi connectivity index (χ0n) is 10.3. The topological polar surface area (TPSA) is 128 Å². The molecule has 0 saturated carbocycles. The molecule has 0 aromatic carbocycles. The maximum Gasteiger partial charge on any atom is 0.325 e. The molecule has 1 atom stereocenters. The van der Waals surface area contributed by atoms with E-state index < -0.39 is 12.5 Å². The van der Waals surface area contributed by atoms with E-state index in [1.807, 2.05) is 11.0 Å². The van der Waals surface area contributed by atoms with Gasteiger partial charge in [-0.2, -0.15) is 10.4 Å². The molecule has 0 amide bonds. The summed E-state index contributed by atoms with van der Waals surface area (Å²) in [5.74, 6) is -0.674. The summed E-state index contributed by atoms with van der Waals surface area (Å²) in [6.07, 6.45) is 1.70. The second-order valence-corrected chi connectivity index (χ2v) is 4.42. The van der Waals surface area contributed by atoms with E-state index >= 15 is 0 Å². The van der Waals surface area contributed by atoms with Crippen molar-refractivity contribution in [3.63, 3.8) is 0 Å². The lowest BCUT2D eigenvalue weighted by atomic mass is 10.2. The predicted octanol–water partition coefficient (Wildman–Crippen LogP) is -0.617. The Morgan fingerprint density at radius 2 is 2.37 bits per heavy atom. The summed E-state index contributed by atoms with van der Waals surface area (Å²) < 4.78 is 1.10. The number of aliphatic hydroxyl groups is 1. The first-order valence-corrected chi connectivity index (χ1v) is 5.94. The van der Waals surface area contributed by atoms with Gasteiger partial charge in [0, 0.05) is 6.54 Å². The fourth-order valence-corrected chi connectivity index (χ4v) is 2.32. The first-order valence-electron chi connectivity index (χ1n) is 5.94. The molecule has 1 aliphatic rings. The summed E-state index contributed by atoms with van der Waals surface area (Å²) in [6.45, 7) is 0.248. The number of rotatable bonds is 4. The molecule has 1 aromatic heterocycles. The third kappa shape index (κ3) is 2.32. The molecular weight excluding hydrogens is 250 g/mol. The highest BCUT2D eigenvalue weighted by molar-refractivity contribution is 5.70. The van der Waals surface area contributed by atoms with Crippen LogP contribution in [-0.4, -0.2) is 45.2 Å². The number of aliphatic hydroxyl groups excluding tert-OH is 1. The van der Waals surface area contributed by atoms with Gasteiger partial charge in [0.05, 0.1) is 12.6 Å². The van der Waals surface area contributed by atoms with Crippen molar-refractivity contribution in [3.8, 4) is 6.07 Å². The van der Waals surface area contributed by atoms with Crippen LogP contribution >= 0.6 is 0 Å². The summed E-state index contributed by atoms with van der Waals surface area (Å²) in [5, 5.41) is 31.3. The average Bonchev–Trinajstić information content (AvgIpc) is 2.94. The first-order chi connectivity index (χ1) is 9.08. The molecule has 102 valence electrons. The molecule has 4 N–H and O–H groups in total. The van der Waals surface area contributed by atoms with Crippen molar-refractivity contribution in [2.24, 2.45) is 0 Å². The van der Waals surface area contributed by atoms with Crippen LogP contribution in [0.3, 0.4) is 0 Å². The van der Waals surface area contributed by atoms with Crippen molar-refractivity contribution in [2.45, 2.75) is 25.4 Å². The highest BCUT2D eigenvalue weighted by atomic mass is 16.4. The highest BCUT2D eigenvalue weighted by Gasteiger charge is 2.30. The van der Waals surface area contributed by atoms with Gasteiger partial charge >= 0.3 is 5.97 Å². The number of hydrogen-bond acceptors (Lipinski definition) is 6. The van der Waals surface area contributed by atoms with E-state index in [9.17, 15) is 9.90 Å². The number of hydrogen-bond donors (Lipinski definition) is 3. The quantitative estimate of drug-likeness (QED) is 0.661. The predicted molar refractivity (Wildman–Crippen MR) is 66.4 cm³/mol. The average molecular weight is 265 g/mol. The van der Waals surface area contributed by atoms with Crippen LogP contribution in [-0.2, 0) is 11.3 Å². The van der Waals surface area contributed by atoms with Gasteiger partial charge in [-0.15, -0.1) is 0 Å². The molecule has 1 saturated heterocycles. The minimum absolute atomic E-state index is 0.0312. The zero-order chi connectivity index (χ0) is 14.0. The third-order valence-corrected chi connectivity index (χ3v) is 3.23. The maximum absolute atomic E-state index is 10.7. The Morgan fingerprint density at radius 1 is 1.63 bits per heavy atom. The molecular formula is C11H15N5O3. The fourth-order valence-electron chi connectivity index (χ4n) is 2.32. The number of carbonyl (C=O) groups is 1. The van der Waals surface area contributed by atoms with Crippen molar-refractivity contribution in [1.29, 1.82) is 5.26 Å². The summed E-state index contributed by atoms with van der Waals surface area (Å²) in [6, 6.07) is 1.86. The van der Waals surface area contributed by atoms with Gasteiger partial charge in [-0.3, -0.25) is 4.79 Å². The number of carboxylic acids is 1. The lowest BCUT2D eigenvalue weighted by Gasteiger charge is -2.22. The molecule has 0 radical (unpaired) electrons. The van der Waals surface area contributed by atoms with Crippen molar-refractivity contribution in [2.75, 3.05) is 23.8 Å². The smallest absolute Gasteiger partial charge is 0.325 e. The Balaban J connectivity index is 2.40. The third-order valence-electron chi connectivity index (χ3n) is 3.23. The normalized spacial score (nSPS) is 18.5. The molecule has 1 fully saturated rings. The Hall–Kier alpha value is -2.27. The number of nitrogens with two attached hydrogens (primary N) is 1. The Labute approximate surface area is 109 Å². The minimum atomic E-state index is -1.08. The zero-order valence-corrected chi connectivity index (χ0v) is 10.3. The molecule has 8 heteroatoms. The van der Waals surface area contributed by atoms with Crippen molar-refractivity contribution in [3.05, 3.63) is 5.56 Å². The standard InChI is InChI=1S/C11H15N5O3/c12-4-8-10(13)16(5-9(18)19)14-11(8)15-3-1-2-7(15)6-17/h7,17H,1-3,5-6,13H2,(H,18,19). The first kappa shape index (κ1) is 13.2. The van der Waals surface area contributed by atoms with Crippen molar-refractivity contribution in [1.82, 2.24) is 9.78 Å². The van der Waals surface area contributed by atoms with Gasteiger partial charge in [0.2, 0.25) is 0 Å². The summed E-state index contributed by atoms with van der Waals surface area (Å²) >= 11 is 0. The van der Waals surface area contributed by atoms with Crippen molar-refractivity contribution >= 4 is 17.6 Å². The largest absolute Gasteiger partial charge is 0.480 e. The number of nitrogen functional groups attached to an aromatic ring is 1. The lowest BCUT2D eigenvalue weighted by Crippen LogP contribution is -2.33. The number of aromatic nitrogens is 2. The van der Waals surface area contributed by atoms with Crippen molar-refractivity contribution < 1.29 is 15.0 Å². The van der Waals surface area contributed by atoms with Crippen LogP contribution in [0, 0.1) is 11.3 Å². The molecule has 2 heterocycles. The van der Waals surface area contributed by atoms with Crippen LogP contribution in [0.15, 0.2) is 0 Å². The van der Waals surface area contributed by atoms with Crippen LogP contribution in [0.5, 0.6) is 0 Å². The summed E-state index contributed by atoms with van der Waals surface area (Å²) in [5.41, 5.74) is 5.91. The van der Waals surface area contributed by atoms with Gasteiger partial charge in [-0.1, -0.05) is 0 Å². The molecule has 8 nitrogen and oxygen atoms in total. The number of carboxylic acid groups (broad SMARTS) is 1. The van der Waals surface area contributed by atoms with E-state index in [0.29, 0.717) is 12.4 Å². The molecule has 2 rings (SSSR count). The van der Waals surface area contributed by atoms with E-state index in [4.69, 9.17) is 16.1 Å². The molecule has 1 aliphatic heterocycles. The van der Waals surface area contributed by atoms with E-state index in [1.54, 1.807) is 0 Å². The van der Waals surface area contributed by atoms with Crippen LogP contribution < -0.4 is 10.6 Å². The summed E-state index contributed by atoms with van der Waals surface area (Å²) in [7, 11) is 0. The van der Waals surface area contributed by atoms with E-state index in [-0.39, 0.29) is 24.0 Å². The molecule has 19 heavy (non-hydrogen) atoms. The van der Waals surface area contributed by atoms with Gasteiger partial charge in [0.25, 0.3) is 0 Å². The number of nitrogens with zero attached hydrogens (tertiary/aromatic N) is 4. The number of anilines is 2. The second-order valence-electron chi connectivity index (χ2n) is 4.42. The van der Waals surface area contributed by atoms with Crippen LogP contribution in [0.25, 0.3) is 0 Å². The highest BCUT2D eigenvalue weighted by Crippen LogP contribution is 2.30. The molecule has 1 aromatic rings. The van der Waals surface area contributed by atoms with E-state index in [0.717, 1.165) is 17.5 Å². The van der Waals surface area contributed by atoms with Gasteiger partial charge in [-0.25, -0.2) is 4.68 Å². The SMILES string of the molecule is N#Cc1c(N2CCCC2CO)nn(CC(=O)O)c1N.